The fourth-order valence-electron chi connectivity index (χ4n) is 7.21. The van der Waals surface area contributed by atoms with E-state index in [4.69, 9.17) is 9.15 Å². The summed E-state index contributed by atoms with van der Waals surface area (Å²) < 4.78 is 72.5. The van der Waals surface area contributed by atoms with Gasteiger partial charge in [0.2, 0.25) is 5.69 Å². The first kappa shape index (κ1) is 54.6. The molecule has 0 aliphatic carbocycles. The van der Waals surface area contributed by atoms with E-state index in [0.29, 0.717) is 0 Å². The Labute approximate surface area is 389 Å². The minimum atomic E-state index is -3.67. The summed E-state index contributed by atoms with van der Waals surface area (Å²) >= 11 is 0. The van der Waals surface area contributed by atoms with E-state index in [-0.39, 0.29) is 9.41 Å². The second-order valence-corrected chi connectivity index (χ2v) is 15.2. The lowest BCUT2D eigenvalue weighted by Crippen LogP contribution is -3.00. The van der Waals surface area contributed by atoms with Crippen LogP contribution in [0.2, 0.25) is 0 Å². The summed E-state index contributed by atoms with van der Waals surface area (Å²) in [6.45, 7) is 10.7. The molecule has 0 unspecified atom stereocenters. The molecule has 0 spiro atoms. The van der Waals surface area contributed by atoms with Gasteiger partial charge in [-0.2, -0.15) is 0 Å². The van der Waals surface area contributed by atoms with Gasteiger partial charge in [-0.15, -0.1) is 0 Å². The molecule has 6 aromatic rings. The van der Waals surface area contributed by atoms with Gasteiger partial charge in [-0.1, -0.05) is 125 Å². The monoisotopic (exact) mass is 921 g/mol. The van der Waals surface area contributed by atoms with Crippen LogP contribution in [0.4, 0.5) is 31.6 Å². The van der Waals surface area contributed by atoms with Gasteiger partial charge in [0.15, 0.2) is 6.21 Å². The lowest BCUT2D eigenvalue weighted by molar-refractivity contribution is -0.395. The molecule has 0 radical (unpaired) electrons. The molecule has 0 fully saturated rings. The van der Waals surface area contributed by atoms with Crippen molar-refractivity contribution in [2.24, 2.45) is 0 Å². The van der Waals surface area contributed by atoms with Crippen molar-refractivity contribution in [3.05, 3.63) is 208 Å². The van der Waals surface area contributed by atoms with E-state index in [0.717, 1.165) is 65.4 Å². The van der Waals surface area contributed by atoms with E-state index < -0.39 is 15.1 Å². The normalized spacial score (nSPS) is 13.2. The van der Waals surface area contributed by atoms with Crippen LogP contribution in [0.15, 0.2) is 168 Å². The van der Waals surface area contributed by atoms with Gasteiger partial charge < -0.3 is 14.1 Å². The van der Waals surface area contributed by atoms with Crippen LogP contribution in [-0.2, 0) is 30.4 Å². The number of ether oxygens (including phenoxy) is 1. The minimum absolute atomic E-state index is 0. The van der Waals surface area contributed by atoms with Crippen LogP contribution in [0.3, 0.4) is 0 Å². The quantitative estimate of drug-likeness (QED) is 0.0625. The Hall–Kier alpha value is -6.75. The summed E-state index contributed by atoms with van der Waals surface area (Å²) in [5.74, 6) is 3.55. The number of nitrogens with zero attached hydrogens (tertiary/aromatic N) is 1. The van der Waals surface area contributed by atoms with Crippen molar-refractivity contribution in [2.75, 3.05) is 7.05 Å². The first-order chi connectivity index (χ1) is 31.3. The van der Waals surface area contributed by atoms with Gasteiger partial charge in [-0.25, -0.2) is 8.99 Å². The Bertz CT molecular complexity index is 2570. The van der Waals surface area contributed by atoms with Gasteiger partial charge >= 0.3 is 26.6 Å². The number of para-hydroxylation sites is 1. The van der Waals surface area contributed by atoms with E-state index in [1.807, 2.05) is 6.92 Å². The third-order valence-corrected chi connectivity index (χ3v) is 10.8. The maximum absolute atomic E-state index is 9.67. The van der Waals surface area contributed by atoms with Crippen LogP contribution in [0, 0.1) is 6.92 Å². The standard InChI is InChI=1S/C32H30NO.C22H23O.2BF3.2FH/c1-4-23-10-14-25(15-11-23)28-20-29(34-32(21-28)26-16-12-24(5-2)13-17-26)19-18-27-22-33(3)31-9-7-6-8-30(27)31;1-4-17-6-10-19(11-7-17)21-14-16(3)23-22(15-21)20-12-8-18(5-2)9-13-20;2*2-1(3)4;;/h6-22H,4-5H2,1-3H3;6-15H,4-5H2,1-3H3;;;2*1H/q2*+1;;;;/p-2. The Kier molecular flexibility index (Phi) is 22.0. The van der Waals surface area contributed by atoms with Crippen LogP contribution in [0.5, 0.6) is 0 Å². The summed E-state index contributed by atoms with van der Waals surface area (Å²) in [5, 5.41) is 0. The molecule has 67 heavy (non-hydrogen) atoms. The van der Waals surface area contributed by atoms with Gasteiger partial charge in [-0.3, -0.25) is 25.9 Å². The molecule has 2 aliphatic rings. The van der Waals surface area contributed by atoms with Crippen molar-refractivity contribution in [2.45, 2.75) is 60.3 Å². The van der Waals surface area contributed by atoms with Gasteiger partial charge in [0.1, 0.15) is 18.6 Å². The number of benzene rings is 5. The summed E-state index contributed by atoms with van der Waals surface area (Å²) in [6, 6.07) is 47.6. The average Bonchev–Trinajstić information content (AvgIpc) is 3.65. The largest absolute Gasteiger partial charge is 1.00 e. The Morgan fingerprint density at radius 1 is 0.537 bits per heavy atom. The highest BCUT2D eigenvalue weighted by atomic mass is 19.4. The molecular weight excluding hydrogens is 868 g/mol. The van der Waals surface area contributed by atoms with Gasteiger partial charge in [0.25, 0.3) is 0 Å². The first-order valence-electron chi connectivity index (χ1n) is 21.7. The van der Waals surface area contributed by atoms with E-state index >= 15 is 0 Å². The fourth-order valence-corrected chi connectivity index (χ4v) is 7.21. The highest BCUT2D eigenvalue weighted by Crippen LogP contribution is 2.34. The highest BCUT2D eigenvalue weighted by molar-refractivity contribution is 6.33. The second-order valence-electron chi connectivity index (χ2n) is 15.2. The molecule has 348 valence electrons. The van der Waals surface area contributed by atoms with Gasteiger partial charge in [-0.05, 0) is 107 Å². The fraction of sp³-hybridized carbons (Fsp3) is 0.185. The van der Waals surface area contributed by atoms with Gasteiger partial charge in [0, 0.05) is 23.3 Å². The minimum Gasteiger partial charge on any atom is -1.00 e. The van der Waals surface area contributed by atoms with E-state index in [1.165, 1.54) is 55.8 Å². The number of hydrogen-bond acceptors (Lipinski definition) is 1. The molecule has 3 nitrogen and oxygen atoms in total. The number of aryl methyl sites for hydroxylation is 5. The van der Waals surface area contributed by atoms with Crippen molar-refractivity contribution in [3.63, 3.8) is 0 Å². The molecule has 3 heterocycles. The third-order valence-electron chi connectivity index (χ3n) is 10.8. The number of rotatable bonds is 9. The molecular formula is C54H53B2F8NO2. The molecule has 0 saturated carbocycles. The smallest absolute Gasteiger partial charge is 0.762 e. The number of fused-ring (bicyclic) bond motifs is 1. The van der Waals surface area contributed by atoms with E-state index in [2.05, 4.69) is 203 Å². The molecule has 0 bridgehead atoms. The molecule has 2 aliphatic heterocycles. The van der Waals surface area contributed by atoms with Crippen LogP contribution in [0.25, 0.3) is 39.4 Å². The summed E-state index contributed by atoms with van der Waals surface area (Å²) in [5.41, 5.74) is 16.0. The zero-order valence-corrected chi connectivity index (χ0v) is 38.4. The molecule has 8 rings (SSSR count). The van der Waals surface area contributed by atoms with Crippen LogP contribution in [0.1, 0.15) is 72.4 Å². The maximum Gasteiger partial charge on any atom is 0.762 e. The number of allylic oxidation sites excluding steroid dienone is 6. The molecule has 0 amide bonds. The van der Waals surface area contributed by atoms with Crippen LogP contribution in [-0.4, -0.2) is 32.9 Å². The van der Waals surface area contributed by atoms with Crippen molar-refractivity contribution >= 4 is 43.9 Å². The van der Waals surface area contributed by atoms with Crippen molar-refractivity contribution in [3.8, 4) is 22.5 Å². The SMILES string of the molecule is CCc1ccc(-c2cc(C)[o+]c(-c3ccc(CC)cc3)c2)cc1.CCc1ccc(C2=CC(=CC=C3C=[N+](C)c4ccccc43)OC(c3ccc(CC)cc3)=C2)cc1.FB(F)F.FB(F)F.[F-].[F-]. The van der Waals surface area contributed by atoms with Crippen LogP contribution >= 0.6 is 0 Å². The van der Waals surface area contributed by atoms with Crippen LogP contribution < -0.4 is 9.41 Å². The lowest BCUT2D eigenvalue weighted by atomic mass is 9.98. The maximum atomic E-state index is 9.67. The predicted molar refractivity (Wildman–Crippen MR) is 259 cm³/mol. The molecule has 5 aromatic carbocycles. The summed E-state index contributed by atoms with van der Waals surface area (Å²) in [6.07, 6.45) is 14.9. The number of halogens is 8. The Morgan fingerprint density at radius 3 is 1.48 bits per heavy atom. The highest BCUT2D eigenvalue weighted by Gasteiger charge is 2.22. The Morgan fingerprint density at radius 2 is 0.985 bits per heavy atom. The molecule has 1 aromatic heterocycles. The lowest BCUT2D eigenvalue weighted by Gasteiger charge is -2.18. The predicted octanol–water partition coefficient (Wildman–Crippen LogP) is 9.69. The second kappa shape index (κ2) is 27.0. The average molecular weight is 922 g/mol. The summed E-state index contributed by atoms with van der Waals surface area (Å²) in [7, 11) is -5.25. The third kappa shape index (κ3) is 16.3. The molecule has 0 atom stereocenters. The van der Waals surface area contributed by atoms with E-state index in [1.54, 1.807) is 0 Å². The number of hydrogen-bond donors (Lipinski definition) is 0. The molecule has 13 heteroatoms. The van der Waals surface area contributed by atoms with Gasteiger partial charge in [0.05, 0.1) is 29.7 Å². The topological polar surface area (TPSA) is 23.5 Å². The molecule has 0 N–H and O–H groups in total. The summed E-state index contributed by atoms with van der Waals surface area (Å²) in [4.78, 5) is 0. The van der Waals surface area contributed by atoms with Crippen molar-refractivity contribution in [1.29, 1.82) is 0 Å². The first-order valence-corrected chi connectivity index (χ1v) is 21.7. The zero-order chi connectivity index (χ0) is 46.9. The zero-order valence-electron chi connectivity index (χ0n) is 38.4. The molecule has 0 saturated heterocycles. The van der Waals surface area contributed by atoms with Crippen molar-refractivity contribution in [1.82, 2.24) is 0 Å². The Balaban J connectivity index is 0.000000313. The van der Waals surface area contributed by atoms with E-state index in [9.17, 15) is 25.9 Å². The van der Waals surface area contributed by atoms with Crippen molar-refractivity contribution < 1.29 is 49.0 Å².